The summed E-state index contributed by atoms with van der Waals surface area (Å²) in [5, 5.41) is 0. The first kappa shape index (κ1) is 30.1. The molecule has 0 amide bonds. The van der Waals surface area contributed by atoms with E-state index in [1.165, 1.54) is 16.4 Å². The molecule has 0 radical (unpaired) electrons. The number of para-hydroxylation sites is 1. The molecule has 0 spiro atoms. The number of ether oxygens (including phenoxy) is 1. The van der Waals surface area contributed by atoms with Crippen molar-refractivity contribution in [1.82, 2.24) is 9.45 Å². The van der Waals surface area contributed by atoms with Crippen LogP contribution in [0.15, 0.2) is 77.2 Å². The molecule has 1 aliphatic rings. The van der Waals surface area contributed by atoms with Crippen molar-refractivity contribution in [2.24, 2.45) is 0 Å². The van der Waals surface area contributed by atoms with E-state index in [2.05, 4.69) is 4.98 Å². The Morgan fingerprint density at radius 1 is 1.07 bits per heavy atom. The van der Waals surface area contributed by atoms with E-state index in [1.807, 2.05) is 12.1 Å². The van der Waals surface area contributed by atoms with Crippen LogP contribution in [0.5, 0.6) is 5.75 Å². The zero-order chi connectivity index (χ0) is 30.8. The summed E-state index contributed by atoms with van der Waals surface area (Å²) in [6.45, 7) is 3.02. The van der Waals surface area contributed by atoms with Gasteiger partial charge in [0.05, 0.1) is 30.1 Å². The van der Waals surface area contributed by atoms with Gasteiger partial charge in [-0.1, -0.05) is 30.3 Å². The van der Waals surface area contributed by atoms with Gasteiger partial charge in [-0.2, -0.15) is 21.6 Å². The van der Waals surface area contributed by atoms with Crippen molar-refractivity contribution < 1.29 is 40.4 Å². The number of anilines is 1. The SMILES string of the molecule is CC(=O)ON(Cc1cccc(OCCc2nc(-c3ccc(C(F)(F)F)cc3)oc2C)c1)S(=O)(=O)N1CCc2ccccc21. The Balaban J connectivity index is 1.24. The number of carbonyl (C=O) groups is 1. The fourth-order valence-corrected chi connectivity index (χ4v) is 6.18. The summed E-state index contributed by atoms with van der Waals surface area (Å²) in [7, 11) is -4.20. The van der Waals surface area contributed by atoms with Crippen LogP contribution in [0.25, 0.3) is 11.5 Å². The smallest absolute Gasteiger partial charge is 0.416 e. The van der Waals surface area contributed by atoms with E-state index >= 15 is 0 Å². The van der Waals surface area contributed by atoms with Crippen molar-refractivity contribution in [2.75, 3.05) is 17.5 Å². The summed E-state index contributed by atoms with van der Waals surface area (Å²) < 4.78 is 79.1. The van der Waals surface area contributed by atoms with Crippen LogP contribution in [0.1, 0.15) is 35.1 Å². The van der Waals surface area contributed by atoms with Crippen molar-refractivity contribution in [1.29, 1.82) is 0 Å². The normalized spacial score (nSPS) is 13.3. The van der Waals surface area contributed by atoms with E-state index in [4.69, 9.17) is 14.0 Å². The molecular formula is C30H28F3N3O6S. The average Bonchev–Trinajstić information content (AvgIpc) is 3.56. The molecule has 1 aromatic heterocycles. The highest BCUT2D eigenvalue weighted by Crippen LogP contribution is 2.33. The second-order valence-electron chi connectivity index (χ2n) is 9.85. The Labute approximate surface area is 246 Å². The number of halogens is 3. The molecule has 5 rings (SSSR count). The average molecular weight is 616 g/mol. The van der Waals surface area contributed by atoms with Crippen LogP contribution in [0.2, 0.25) is 0 Å². The van der Waals surface area contributed by atoms with Gasteiger partial charge in [0.1, 0.15) is 11.5 Å². The van der Waals surface area contributed by atoms with E-state index in [0.29, 0.717) is 51.3 Å². The summed E-state index contributed by atoms with van der Waals surface area (Å²) >= 11 is 0. The maximum absolute atomic E-state index is 13.5. The van der Waals surface area contributed by atoms with Gasteiger partial charge >= 0.3 is 22.4 Å². The van der Waals surface area contributed by atoms with E-state index in [-0.39, 0.29) is 25.6 Å². The predicted molar refractivity (Wildman–Crippen MR) is 151 cm³/mol. The highest BCUT2D eigenvalue weighted by Gasteiger charge is 2.36. The Bertz CT molecular complexity index is 1720. The van der Waals surface area contributed by atoms with Gasteiger partial charge in [-0.25, -0.2) is 4.98 Å². The van der Waals surface area contributed by atoms with Gasteiger partial charge in [-0.3, -0.25) is 9.10 Å². The van der Waals surface area contributed by atoms with E-state index in [1.54, 1.807) is 43.3 Å². The number of hydroxylamine groups is 1. The third-order valence-electron chi connectivity index (χ3n) is 6.78. The van der Waals surface area contributed by atoms with Crippen LogP contribution >= 0.6 is 0 Å². The number of fused-ring (bicyclic) bond motifs is 1. The maximum Gasteiger partial charge on any atom is 0.416 e. The second-order valence-corrected chi connectivity index (χ2v) is 11.6. The van der Waals surface area contributed by atoms with Crippen molar-refractivity contribution in [2.45, 2.75) is 39.4 Å². The first-order valence-electron chi connectivity index (χ1n) is 13.3. The van der Waals surface area contributed by atoms with Crippen LogP contribution in [-0.2, 0) is 45.4 Å². The molecule has 1 aliphatic heterocycles. The maximum atomic E-state index is 13.5. The summed E-state index contributed by atoms with van der Waals surface area (Å²) in [6, 6.07) is 18.5. The Morgan fingerprint density at radius 2 is 1.81 bits per heavy atom. The van der Waals surface area contributed by atoms with Gasteiger partial charge in [0, 0.05) is 25.5 Å². The first-order valence-corrected chi connectivity index (χ1v) is 14.7. The number of hydrogen-bond acceptors (Lipinski definition) is 7. The first-order chi connectivity index (χ1) is 20.4. The molecule has 0 saturated carbocycles. The molecule has 0 atom stereocenters. The third-order valence-corrected chi connectivity index (χ3v) is 8.43. The minimum Gasteiger partial charge on any atom is -0.493 e. The molecule has 0 N–H and O–H groups in total. The number of aryl methyl sites for hydroxylation is 1. The standard InChI is InChI=1S/C30H28F3N3O6S/c1-20-27(34-29(41-20)24-10-12-25(13-11-24)30(31,32)33)15-17-40-26-8-5-6-22(18-26)19-36(42-21(2)37)43(38,39)35-16-14-23-7-3-4-9-28(23)35/h3-13,18H,14-17,19H2,1-2H3. The third kappa shape index (κ3) is 6.83. The monoisotopic (exact) mass is 615 g/mol. The van der Waals surface area contributed by atoms with Crippen LogP contribution in [0.4, 0.5) is 18.9 Å². The van der Waals surface area contributed by atoms with Gasteiger partial charge < -0.3 is 14.0 Å². The number of rotatable bonds is 10. The fraction of sp³-hybridized carbons (Fsp3) is 0.267. The molecule has 3 aromatic carbocycles. The quantitative estimate of drug-likeness (QED) is 0.206. The Hall–Kier alpha value is -4.36. The lowest BCUT2D eigenvalue weighted by molar-refractivity contribution is -0.168. The molecule has 0 saturated heterocycles. The van der Waals surface area contributed by atoms with Crippen molar-refractivity contribution in [3.63, 3.8) is 0 Å². The topological polar surface area (TPSA) is 102 Å². The highest BCUT2D eigenvalue weighted by molar-refractivity contribution is 7.90. The van der Waals surface area contributed by atoms with Crippen molar-refractivity contribution in [3.8, 4) is 17.2 Å². The molecular weight excluding hydrogens is 587 g/mol. The highest BCUT2D eigenvalue weighted by atomic mass is 32.2. The van der Waals surface area contributed by atoms with Gasteiger partial charge in [0.2, 0.25) is 5.89 Å². The number of nitrogens with zero attached hydrogens (tertiary/aromatic N) is 3. The van der Waals surface area contributed by atoms with E-state index in [9.17, 15) is 26.4 Å². The minimum absolute atomic E-state index is 0.194. The summed E-state index contributed by atoms with van der Waals surface area (Å²) in [6.07, 6.45) is -3.54. The number of alkyl halides is 3. The molecule has 226 valence electrons. The molecule has 2 heterocycles. The van der Waals surface area contributed by atoms with Crippen LogP contribution in [0.3, 0.4) is 0 Å². The molecule has 4 aromatic rings. The number of benzene rings is 3. The number of aromatic nitrogens is 1. The van der Waals surface area contributed by atoms with Crippen molar-refractivity contribution >= 4 is 21.9 Å². The number of carbonyl (C=O) groups excluding carboxylic acids is 1. The lowest BCUT2D eigenvalue weighted by Crippen LogP contribution is -2.43. The lowest BCUT2D eigenvalue weighted by atomic mass is 10.1. The summed E-state index contributed by atoms with van der Waals surface area (Å²) in [5.74, 6) is 0.393. The van der Waals surface area contributed by atoms with Crippen LogP contribution in [0, 0.1) is 6.92 Å². The van der Waals surface area contributed by atoms with Gasteiger partial charge in [-0.05, 0) is 71.4 Å². The summed E-state index contributed by atoms with van der Waals surface area (Å²) in [5.41, 5.74) is 2.20. The molecule has 9 nitrogen and oxygen atoms in total. The fourth-order valence-electron chi connectivity index (χ4n) is 4.70. The Morgan fingerprint density at radius 3 is 2.53 bits per heavy atom. The zero-order valence-corrected chi connectivity index (χ0v) is 24.1. The molecule has 13 heteroatoms. The molecule has 43 heavy (non-hydrogen) atoms. The van der Waals surface area contributed by atoms with Crippen LogP contribution < -0.4 is 9.04 Å². The van der Waals surface area contributed by atoms with Crippen molar-refractivity contribution in [3.05, 3.63) is 101 Å². The number of oxazole rings is 1. The zero-order valence-electron chi connectivity index (χ0n) is 23.3. The van der Waals surface area contributed by atoms with Gasteiger partial charge in [0.25, 0.3) is 0 Å². The molecule has 0 unspecified atom stereocenters. The lowest BCUT2D eigenvalue weighted by Gasteiger charge is -2.27. The Kier molecular flexibility index (Phi) is 8.47. The van der Waals surface area contributed by atoms with Crippen LogP contribution in [-0.4, -0.2) is 37.0 Å². The molecule has 0 bridgehead atoms. The van der Waals surface area contributed by atoms with Gasteiger partial charge in [-0.15, -0.1) is 0 Å². The second kappa shape index (κ2) is 12.1. The number of hydrogen-bond donors (Lipinski definition) is 0. The largest absolute Gasteiger partial charge is 0.493 e. The van der Waals surface area contributed by atoms with E-state index in [0.717, 1.165) is 24.6 Å². The van der Waals surface area contributed by atoms with Gasteiger partial charge in [0.15, 0.2) is 0 Å². The minimum atomic E-state index is -4.43. The molecule has 0 aliphatic carbocycles. The summed E-state index contributed by atoms with van der Waals surface area (Å²) in [4.78, 5) is 21.4. The molecule has 0 fully saturated rings. The predicted octanol–water partition coefficient (Wildman–Crippen LogP) is 5.88. The van der Waals surface area contributed by atoms with E-state index < -0.39 is 27.9 Å².